The van der Waals surface area contributed by atoms with Gasteiger partial charge in [0.1, 0.15) is 23.8 Å². The van der Waals surface area contributed by atoms with Crippen molar-refractivity contribution in [2.24, 2.45) is 22.9 Å². The topological polar surface area (TPSA) is 101 Å². The molecule has 1 amide bonds. The lowest BCUT2D eigenvalue weighted by atomic mass is 9.62. The zero-order valence-corrected chi connectivity index (χ0v) is 29.8. The Bertz CT molecular complexity index is 1660. The van der Waals surface area contributed by atoms with Crippen LogP contribution in [0.25, 0.3) is 0 Å². The highest BCUT2D eigenvalue weighted by Gasteiger charge is 2.53. The van der Waals surface area contributed by atoms with E-state index in [1.54, 1.807) is 13.0 Å². The Labute approximate surface area is 290 Å². The van der Waals surface area contributed by atoms with Gasteiger partial charge in [0.15, 0.2) is 0 Å². The van der Waals surface area contributed by atoms with Crippen LogP contribution in [0.15, 0.2) is 41.6 Å². The number of oxime groups is 1. The number of amidine groups is 1. The average Bonchev–Trinajstić information content (AvgIpc) is 3.73. The number of amides is 1. The van der Waals surface area contributed by atoms with E-state index in [1.807, 2.05) is 37.3 Å². The number of nitrogens with one attached hydrogen (secondary N) is 1. The number of ether oxygens (including phenoxy) is 1. The van der Waals surface area contributed by atoms with E-state index in [4.69, 9.17) is 26.3 Å². The predicted molar refractivity (Wildman–Crippen MR) is 189 cm³/mol. The molecule has 0 unspecified atom stereocenters. The first-order valence-electron chi connectivity index (χ1n) is 18.0. The molecule has 0 radical (unpaired) electrons. The third-order valence-electron chi connectivity index (χ3n) is 11.8. The van der Waals surface area contributed by atoms with Crippen LogP contribution in [0.1, 0.15) is 99.5 Å². The molecule has 1 saturated carbocycles. The highest BCUT2D eigenvalue weighted by Crippen LogP contribution is 2.51. The van der Waals surface area contributed by atoms with E-state index >= 15 is 0 Å². The molecule has 5 atom stereocenters. The van der Waals surface area contributed by atoms with Crippen LogP contribution in [0.3, 0.4) is 0 Å². The molecule has 9 nitrogen and oxygen atoms in total. The highest BCUT2D eigenvalue weighted by molar-refractivity contribution is 7.90. The van der Waals surface area contributed by atoms with Gasteiger partial charge in [0.25, 0.3) is 5.91 Å². The van der Waals surface area contributed by atoms with Crippen LogP contribution in [0.4, 0.5) is 5.69 Å². The molecule has 1 aliphatic carbocycles. The molecule has 2 aromatic carbocycles. The van der Waals surface area contributed by atoms with Crippen LogP contribution in [0.2, 0.25) is 5.02 Å². The Balaban J connectivity index is 1.25. The molecule has 1 N–H and O–H groups in total. The van der Waals surface area contributed by atoms with Gasteiger partial charge in [0, 0.05) is 42.7 Å². The summed E-state index contributed by atoms with van der Waals surface area (Å²) in [5.41, 5.74) is 3.04. The van der Waals surface area contributed by atoms with Crippen molar-refractivity contribution in [1.82, 2.24) is 9.62 Å². The molecule has 11 heteroatoms. The Morgan fingerprint density at radius 3 is 2.52 bits per heavy atom. The van der Waals surface area contributed by atoms with Crippen molar-refractivity contribution < 1.29 is 22.8 Å². The Morgan fingerprint density at radius 1 is 0.938 bits per heavy atom. The molecule has 5 aliphatic rings. The summed E-state index contributed by atoms with van der Waals surface area (Å²) in [6, 6.07) is 11.3. The lowest BCUT2D eigenvalue weighted by molar-refractivity contribution is -0.118. The van der Waals surface area contributed by atoms with Gasteiger partial charge in [-0.2, -0.15) is 0 Å². The summed E-state index contributed by atoms with van der Waals surface area (Å²) in [4.78, 5) is 24.9. The SMILES string of the molecule is C[C@@H]1[C@@H](C)CCC[C@@]2(CC(N3CCCC3)=NO2)[C@@H]2CC[C@H]2CN2CCCCc3cc(Cl)ccc3COc3ccc(cc32)C(=O)NS1(=O)=O. The van der Waals surface area contributed by atoms with Gasteiger partial charge >= 0.3 is 0 Å². The van der Waals surface area contributed by atoms with Gasteiger partial charge in [-0.3, -0.25) is 4.79 Å². The van der Waals surface area contributed by atoms with Gasteiger partial charge < -0.3 is 19.4 Å². The lowest BCUT2D eigenvalue weighted by Gasteiger charge is -2.48. The van der Waals surface area contributed by atoms with Crippen molar-refractivity contribution in [2.75, 3.05) is 31.1 Å². The van der Waals surface area contributed by atoms with E-state index in [-0.39, 0.29) is 11.5 Å². The van der Waals surface area contributed by atoms with Crippen molar-refractivity contribution in [3.8, 4) is 5.75 Å². The maximum absolute atomic E-state index is 13.5. The second kappa shape index (κ2) is 13.7. The largest absolute Gasteiger partial charge is 0.487 e. The number of carbonyl (C=O) groups excluding carboxylic acids is 1. The fraction of sp³-hybridized carbons (Fsp3) is 0.622. The quantitative estimate of drug-likeness (QED) is 0.319. The first-order valence-corrected chi connectivity index (χ1v) is 19.9. The summed E-state index contributed by atoms with van der Waals surface area (Å²) in [6.07, 6.45) is 10.6. The van der Waals surface area contributed by atoms with Crippen LogP contribution in [0, 0.1) is 17.8 Å². The maximum atomic E-state index is 13.5. The highest BCUT2D eigenvalue weighted by atomic mass is 35.5. The molecular weight excluding hydrogens is 648 g/mol. The van der Waals surface area contributed by atoms with Crippen molar-refractivity contribution in [3.63, 3.8) is 0 Å². The zero-order valence-electron chi connectivity index (χ0n) is 28.3. The molecule has 0 aromatic heterocycles. The molecule has 1 saturated heterocycles. The van der Waals surface area contributed by atoms with Gasteiger partial charge in [-0.15, -0.1) is 0 Å². The number of fused-ring (bicyclic) bond motifs is 4. The van der Waals surface area contributed by atoms with Crippen LogP contribution in [-0.2, 0) is 27.9 Å². The summed E-state index contributed by atoms with van der Waals surface area (Å²) in [5, 5.41) is 4.73. The molecule has 260 valence electrons. The van der Waals surface area contributed by atoms with E-state index in [9.17, 15) is 13.2 Å². The Hall–Kier alpha value is -2.98. The lowest BCUT2D eigenvalue weighted by Crippen LogP contribution is -2.51. The number of hydrogen-bond acceptors (Lipinski definition) is 8. The Morgan fingerprint density at radius 2 is 1.73 bits per heavy atom. The molecule has 2 bridgehead atoms. The monoisotopic (exact) mass is 696 g/mol. The number of aryl methyl sites for hydroxylation is 1. The summed E-state index contributed by atoms with van der Waals surface area (Å²) in [5.74, 6) is 1.76. The van der Waals surface area contributed by atoms with Gasteiger partial charge in [-0.05, 0) is 124 Å². The summed E-state index contributed by atoms with van der Waals surface area (Å²) >= 11 is 6.38. The minimum Gasteiger partial charge on any atom is -0.487 e. The normalized spacial score (nSPS) is 30.9. The van der Waals surface area contributed by atoms with E-state index in [0.717, 1.165) is 106 Å². The first-order chi connectivity index (χ1) is 23.1. The second-order valence-corrected chi connectivity index (χ2v) is 17.3. The maximum Gasteiger partial charge on any atom is 0.264 e. The minimum atomic E-state index is -3.91. The van der Waals surface area contributed by atoms with Gasteiger partial charge in [0.2, 0.25) is 10.0 Å². The molecule has 2 fully saturated rings. The molecule has 4 aliphatic heterocycles. The van der Waals surface area contributed by atoms with Crippen LogP contribution in [-0.4, -0.2) is 62.1 Å². The second-order valence-electron chi connectivity index (χ2n) is 14.8. The zero-order chi connectivity index (χ0) is 33.5. The number of hydrogen-bond donors (Lipinski definition) is 1. The molecule has 48 heavy (non-hydrogen) atoms. The predicted octanol–water partition coefficient (Wildman–Crippen LogP) is 6.92. The summed E-state index contributed by atoms with van der Waals surface area (Å²) in [7, 11) is -3.91. The number of halogens is 1. The Kier molecular flexibility index (Phi) is 9.59. The van der Waals surface area contributed by atoms with E-state index in [2.05, 4.69) is 14.5 Å². The fourth-order valence-electron chi connectivity index (χ4n) is 8.53. The van der Waals surface area contributed by atoms with Crippen molar-refractivity contribution >= 4 is 39.1 Å². The molecule has 2 aromatic rings. The molecular formula is C37H49ClN4O5S. The third kappa shape index (κ3) is 6.76. The standard InChI is InChI=1S/C37H49ClN4O5S/c1-25-8-7-16-37(22-35(39-47-37)41-17-5-6-18-41)32-14-11-29(32)23-42-19-4-3-9-27-20-31(38)13-10-30(27)24-46-34-15-12-28(21-33(34)42)36(43)40-48(44,45)26(25)2/h10,12-13,15,20-21,25-26,29,32H,3-9,11,14,16-19,22-24H2,1-2H3,(H,40,43)/t25-,26+,29-,32+,37+/m0/s1. The smallest absolute Gasteiger partial charge is 0.264 e. The van der Waals surface area contributed by atoms with Gasteiger partial charge in [0.05, 0.1) is 17.4 Å². The van der Waals surface area contributed by atoms with Crippen molar-refractivity contribution in [3.05, 3.63) is 58.1 Å². The van der Waals surface area contributed by atoms with Crippen molar-refractivity contribution in [1.29, 1.82) is 0 Å². The number of likely N-dealkylation sites (tertiary alicyclic amines) is 1. The average molecular weight is 697 g/mol. The number of rotatable bonds is 0. The number of benzene rings is 2. The summed E-state index contributed by atoms with van der Waals surface area (Å²) in [6.45, 7) is 7.72. The van der Waals surface area contributed by atoms with Gasteiger partial charge in [-0.25, -0.2) is 13.1 Å². The fourth-order valence-corrected chi connectivity index (χ4v) is 10.0. The van der Waals surface area contributed by atoms with E-state index in [1.165, 1.54) is 18.4 Å². The van der Waals surface area contributed by atoms with E-state index < -0.39 is 21.2 Å². The number of carbonyl (C=O) groups is 1. The third-order valence-corrected chi connectivity index (χ3v) is 14.0. The van der Waals surface area contributed by atoms with E-state index in [0.29, 0.717) is 29.8 Å². The van der Waals surface area contributed by atoms with Gasteiger partial charge in [-0.1, -0.05) is 29.7 Å². The van der Waals surface area contributed by atoms with Crippen molar-refractivity contribution in [2.45, 2.75) is 102 Å². The molecule has 7 rings (SSSR count). The van der Waals surface area contributed by atoms with Crippen LogP contribution in [0.5, 0.6) is 5.75 Å². The summed E-state index contributed by atoms with van der Waals surface area (Å²) < 4.78 is 35.9. The molecule has 4 heterocycles. The number of anilines is 1. The number of nitrogens with zero attached hydrogens (tertiary/aromatic N) is 3. The van der Waals surface area contributed by atoms with Crippen LogP contribution < -0.4 is 14.4 Å². The van der Waals surface area contributed by atoms with Crippen LogP contribution >= 0.6 is 11.6 Å². The number of sulfonamides is 1. The minimum absolute atomic E-state index is 0.133. The first kappa shape index (κ1) is 33.5. The molecule has 1 spiro atoms.